The lowest BCUT2D eigenvalue weighted by molar-refractivity contribution is -0.0546. The first-order chi connectivity index (χ1) is 16.1. The lowest BCUT2D eigenvalue weighted by Crippen LogP contribution is -2.43. The topological polar surface area (TPSA) is 213 Å². The Morgan fingerprint density at radius 2 is 1.91 bits per heavy atom. The minimum atomic E-state index is -4.95. The minimum absolute atomic E-state index is 0.252. The number of ether oxygens (including phenoxy) is 1. The van der Waals surface area contributed by atoms with Gasteiger partial charge in [0.25, 0.3) is 5.56 Å². The Morgan fingerprint density at radius 1 is 1.18 bits per heavy atom. The van der Waals surface area contributed by atoms with Crippen LogP contribution in [0.1, 0.15) is 11.9 Å². The van der Waals surface area contributed by atoms with Crippen LogP contribution < -0.4 is 11.2 Å². The summed E-state index contributed by atoms with van der Waals surface area (Å²) < 4.78 is 42.8. The van der Waals surface area contributed by atoms with Gasteiger partial charge in [-0.05, 0) is 16.4 Å². The van der Waals surface area contributed by atoms with E-state index >= 15 is 0 Å². The van der Waals surface area contributed by atoms with Crippen LogP contribution in [0.5, 0.6) is 0 Å². The predicted octanol–water partition coefficient (Wildman–Crippen LogP) is -0.398. The molecule has 3 unspecified atom stereocenters. The number of aliphatic hydroxyl groups is 2. The van der Waals surface area contributed by atoms with Crippen molar-refractivity contribution in [2.45, 2.75) is 31.1 Å². The molecule has 17 heteroatoms. The van der Waals surface area contributed by atoms with Gasteiger partial charge in [-0.25, -0.2) is 9.36 Å². The number of para-hydroxylation sites is 1. The molecule has 0 bridgehead atoms. The summed E-state index contributed by atoms with van der Waals surface area (Å²) in [5.74, 6) is 0. The molecule has 2 aromatic heterocycles. The van der Waals surface area contributed by atoms with Crippen LogP contribution in [-0.4, -0.2) is 59.2 Å². The molecular weight excluding hydrogens is 500 g/mol. The predicted molar refractivity (Wildman–Crippen MR) is 111 cm³/mol. The zero-order valence-corrected chi connectivity index (χ0v) is 18.8. The molecule has 182 valence electrons. The summed E-state index contributed by atoms with van der Waals surface area (Å²) in [4.78, 5) is 43.3. The van der Waals surface area contributed by atoms with Crippen LogP contribution in [0.3, 0.4) is 0 Å². The Balaban J connectivity index is 1.57. The molecule has 1 saturated heterocycles. The van der Waals surface area contributed by atoms with E-state index in [1.165, 1.54) is 0 Å². The second kappa shape index (κ2) is 9.58. The van der Waals surface area contributed by atoms with Crippen molar-refractivity contribution < 1.29 is 47.2 Å². The van der Waals surface area contributed by atoms with Gasteiger partial charge in [0.2, 0.25) is 0 Å². The quantitative estimate of drug-likeness (QED) is 0.280. The number of aromatic nitrogens is 3. The van der Waals surface area contributed by atoms with Crippen molar-refractivity contribution in [2.75, 3.05) is 6.61 Å². The van der Waals surface area contributed by atoms with Gasteiger partial charge in [0.1, 0.15) is 24.0 Å². The van der Waals surface area contributed by atoms with E-state index in [1.807, 2.05) is 0 Å². The first-order valence-corrected chi connectivity index (χ1v) is 12.2. The fraction of sp³-hybridized carbons (Fsp3) is 0.353. The second-order valence-corrected chi connectivity index (χ2v) is 9.51. The first-order valence-electron chi connectivity index (χ1n) is 9.57. The normalized spacial score (nSPS) is 24.9. The summed E-state index contributed by atoms with van der Waals surface area (Å²) in [6, 6.07) is 7.88. The molecule has 1 aliphatic heterocycles. The number of phosphoric acid groups is 1. The highest BCUT2D eigenvalue weighted by molar-refractivity contribution is 7.55. The van der Waals surface area contributed by atoms with Crippen LogP contribution in [0.4, 0.5) is 0 Å². The number of aliphatic hydroxyl groups excluding tert-OH is 2. The molecule has 3 heterocycles. The smallest absolute Gasteiger partial charge is 0.387 e. The number of hydrogen-bond acceptors (Lipinski definition) is 11. The monoisotopic (exact) mass is 518 g/mol. The highest BCUT2D eigenvalue weighted by Gasteiger charge is 2.46. The third kappa shape index (κ3) is 4.93. The van der Waals surface area contributed by atoms with E-state index < -0.39 is 58.5 Å². The average molecular weight is 518 g/mol. The molecule has 0 aliphatic carbocycles. The van der Waals surface area contributed by atoms with Gasteiger partial charge in [-0.15, -0.1) is 4.89 Å². The summed E-state index contributed by atoms with van der Waals surface area (Å²) in [6.45, 7) is -1.08. The van der Waals surface area contributed by atoms with Gasteiger partial charge in [-0.2, -0.15) is 0 Å². The molecule has 15 nitrogen and oxygen atoms in total. The van der Waals surface area contributed by atoms with Crippen molar-refractivity contribution in [2.24, 2.45) is 0 Å². The number of phosphoric ester groups is 1. The standard InChI is InChI=1S/C17H17N3O12P2/c21-13-5-6-19(17(24)20(13)7-10-9-3-1-2-4-11(9)31-18-10)16-15(23)14(22)12(30-16)8-29-34(27,28)32-33(25)26/h1-6,12,14-16,22-23H,7-8H2,(H-,25,26,27,28)/p+1/t12-,14?,15+,16-/m1/s1. The maximum Gasteiger partial charge on any atom is 0.705 e. The van der Waals surface area contributed by atoms with Gasteiger partial charge in [0.05, 0.1) is 13.2 Å². The van der Waals surface area contributed by atoms with Gasteiger partial charge in [-0.3, -0.25) is 23.3 Å². The van der Waals surface area contributed by atoms with Gasteiger partial charge < -0.3 is 19.5 Å². The van der Waals surface area contributed by atoms with Crippen molar-refractivity contribution in [3.8, 4) is 0 Å². The molecule has 6 atom stereocenters. The number of fused-ring (bicyclic) bond motifs is 1. The van der Waals surface area contributed by atoms with E-state index in [1.54, 1.807) is 24.3 Å². The third-order valence-electron chi connectivity index (χ3n) is 5.04. The van der Waals surface area contributed by atoms with E-state index in [0.717, 1.165) is 21.4 Å². The van der Waals surface area contributed by atoms with E-state index in [4.69, 9.17) is 14.2 Å². The van der Waals surface area contributed by atoms with E-state index in [0.29, 0.717) is 16.7 Å². The summed E-state index contributed by atoms with van der Waals surface area (Å²) in [5.41, 5.74) is -0.797. The van der Waals surface area contributed by atoms with Crippen molar-refractivity contribution in [3.63, 3.8) is 0 Å². The summed E-state index contributed by atoms with van der Waals surface area (Å²) in [5, 5.41) is 25.1. The van der Waals surface area contributed by atoms with Crippen molar-refractivity contribution in [1.29, 1.82) is 0 Å². The summed E-state index contributed by atoms with van der Waals surface area (Å²) in [7, 11) is -8.40. The highest BCUT2D eigenvalue weighted by Crippen LogP contribution is 2.51. The number of hydrogen-bond donors (Lipinski definition) is 4. The molecule has 0 saturated carbocycles. The maximum absolute atomic E-state index is 13.0. The third-order valence-corrected chi connectivity index (χ3v) is 6.90. The Kier molecular flexibility index (Phi) is 6.92. The van der Waals surface area contributed by atoms with E-state index in [9.17, 15) is 33.8 Å². The SMILES string of the molecule is O=c1ccn([C@@H]2O[C@H](COP(=O)(O)O[P+](=O)O)C(O)[C@@H]2O)c(=O)n1Cc1noc2ccccc12. The minimum Gasteiger partial charge on any atom is -0.387 e. The first kappa shape index (κ1) is 24.5. The molecule has 1 aromatic carbocycles. The Hall–Kier alpha value is -2.58. The molecule has 3 aromatic rings. The van der Waals surface area contributed by atoms with Crippen LogP contribution in [-0.2, 0) is 29.2 Å². The maximum atomic E-state index is 13.0. The fourth-order valence-electron chi connectivity index (χ4n) is 3.45. The van der Waals surface area contributed by atoms with Gasteiger partial charge in [0.15, 0.2) is 11.8 Å². The number of benzene rings is 1. The second-order valence-electron chi connectivity index (χ2n) is 7.19. The molecule has 0 spiro atoms. The fourth-order valence-corrected chi connectivity index (χ4v) is 4.68. The zero-order chi connectivity index (χ0) is 24.6. The van der Waals surface area contributed by atoms with Gasteiger partial charge in [-0.1, -0.05) is 17.3 Å². The van der Waals surface area contributed by atoms with Crippen LogP contribution in [0.25, 0.3) is 11.0 Å². The van der Waals surface area contributed by atoms with Gasteiger partial charge >= 0.3 is 21.8 Å². The largest absolute Gasteiger partial charge is 0.705 e. The Bertz CT molecular complexity index is 1380. The average Bonchev–Trinajstić information content (AvgIpc) is 3.30. The molecule has 34 heavy (non-hydrogen) atoms. The summed E-state index contributed by atoms with van der Waals surface area (Å²) >= 11 is 0. The summed E-state index contributed by atoms with van der Waals surface area (Å²) in [6.07, 6.45) is -5.24. The zero-order valence-electron chi connectivity index (χ0n) is 17.0. The number of rotatable bonds is 8. The Morgan fingerprint density at radius 3 is 2.65 bits per heavy atom. The van der Waals surface area contributed by atoms with Crippen LogP contribution in [0.15, 0.2) is 50.6 Å². The molecular formula is C17H18N3O12P2+. The molecule has 4 rings (SSSR count). The highest BCUT2D eigenvalue weighted by atomic mass is 31.2. The molecule has 0 radical (unpaired) electrons. The molecule has 1 aliphatic rings. The van der Waals surface area contributed by atoms with Crippen molar-refractivity contribution >= 4 is 27.0 Å². The van der Waals surface area contributed by atoms with Crippen LogP contribution in [0.2, 0.25) is 0 Å². The Labute approximate surface area is 189 Å². The van der Waals surface area contributed by atoms with Crippen LogP contribution in [0, 0.1) is 0 Å². The molecule has 0 amide bonds. The van der Waals surface area contributed by atoms with E-state index in [2.05, 4.69) is 14.0 Å². The molecule has 4 N–H and O–H groups in total. The lowest BCUT2D eigenvalue weighted by atomic mass is 10.1. The van der Waals surface area contributed by atoms with Gasteiger partial charge in [0, 0.05) is 22.2 Å². The van der Waals surface area contributed by atoms with Crippen molar-refractivity contribution in [3.05, 3.63) is 63.1 Å². The molecule has 1 fully saturated rings. The number of nitrogens with zero attached hydrogens (tertiary/aromatic N) is 3. The van der Waals surface area contributed by atoms with E-state index in [-0.39, 0.29) is 6.54 Å². The van der Waals surface area contributed by atoms with Crippen molar-refractivity contribution in [1.82, 2.24) is 14.3 Å². The van der Waals surface area contributed by atoms with Crippen LogP contribution >= 0.6 is 16.1 Å². The lowest BCUT2D eigenvalue weighted by Gasteiger charge is -2.18.